The predicted molar refractivity (Wildman–Crippen MR) is 58.4 cm³/mol. The van der Waals surface area contributed by atoms with Crippen LogP contribution in [0.25, 0.3) is 0 Å². The molecule has 2 heterocycles. The lowest BCUT2D eigenvalue weighted by Gasteiger charge is -2.26. The van der Waals surface area contributed by atoms with Crippen molar-refractivity contribution in [1.82, 2.24) is 4.90 Å². The van der Waals surface area contributed by atoms with Crippen LogP contribution in [0, 0.1) is 11.8 Å². The first kappa shape index (κ1) is 10.4. The third kappa shape index (κ3) is 2.71. The first-order valence-corrected chi connectivity index (χ1v) is 6.18. The van der Waals surface area contributed by atoms with Crippen LogP contribution in [-0.4, -0.2) is 37.7 Å². The summed E-state index contributed by atoms with van der Waals surface area (Å²) in [7, 11) is 0. The smallest absolute Gasteiger partial charge is 0.0469 e. The summed E-state index contributed by atoms with van der Waals surface area (Å²) in [5.74, 6) is 1.90. The minimum atomic E-state index is 0.916. The Bertz CT molecular complexity index is 166. The van der Waals surface area contributed by atoms with Crippen molar-refractivity contribution >= 4 is 0 Å². The molecule has 2 nitrogen and oxygen atoms in total. The van der Waals surface area contributed by atoms with E-state index in [-0.39, 0.29) is 0 Å². The summed E-state index contributed by atoms with van der Waals surface area (Å²) in [6, 6.07) is 0. The van der Waals surface area contributed by atoms with Crippen LogP contribution < -0.4 is 0 Å². The van der Waals surface area contributed by atoms with E-state index < -0.39 is 0 Å². The zero-order chi connectivity index (χ0) is 9.80. The van der Waals surface area contributed by atoms with Crippen LogP contribution in [0.2, 0.25) is 0 Å². The lowest BCUT2D eigenvalue weighted by atomic mass is 10.00. The second-order valence-electron chi connectivity index (χ2n) is 4.88. The predicted octanol–water partition coefficient (Wildman–Crippen LogP) is 2.14. The van der Waals surface area contributed by atoms with Gasteiger partial charge in [0.2, 0.25) is 0 Å². The van der Waals surface area contributed by atoms with Crippen LogP contribution in [0.5, 0.6) is 0 Å². The molecule has 1 unspecified atom stereocenters. The Hall–Kier alpha value is -0.0800. The monoisotopic (exact) mass is 197 g/mol. The van der Waals surface area contributed by atoms with Gasteiger partial charge < -0.3 is 9.64 Å². The summed E-state index contributed by atoms with van der Waals surface area (Å²) in [5, 5.41) is 0. The molecule has 0 aromatic rings. The fourth-order valence-electron chi connectivity index (χ4n) is 2.71. The molecule has 0 spiro atoms. The Morgan fingerprint density at radius 1 is 1.14 bits per heavy atom. The molecule has 2 aliphatic rings. The summed E-state index contributed by atoms with van der Waals surface area (Å²) < 4.78 is 5.39. The summed E-state index contributed by atoms with van der Waals surface area (Å²) in [6.07, 6.45) is 5.37. The van der Waals surface area contributed by atoms with E-state index in [1.807, 2.05) is 0 Å². The van der Waals surface area contributed by atoms with Crippen molar-refractivity contribution < 1.29 is 4.74 Å². The van der Waals surface area contributed by atoms with Crippen LogP contribution in [0.4, 0.5) is 0 Å². The number of hydrogen-bond donors (Lipinski definition) is 0. The minimum Gasteiger partial charge on any atom is -0.381 e. The Morgan fingerprint density at radius 2 is 1.93 bits per heavy atom. The number of ether oxygens (including phenoxy) is 1. The van der Waals surface area contributed by atoms with E-state index in [0.717, 1.165) is 25.0 Å². The van der Waals surface area contributed by atoms with E-state index in [9.17, 15) is 0 Å². The number of hydrogen-bond acceptors (Lipinski definition) is 2. The highest BCUT2D eigenvalue weighted by Gasteiger charge is 2.24. The van der Waals surface area contributed by atoms with Gasteiger partial charge >= 0.3 is 0 Å². The molecule has 2 aliphatic heterocycles. The van der Waals surface area contributed by atoms with E-state index in [0.29, 0.717) is 0 Å². The van der Waals surface area contributed by atoms with Gasteiger partial charge in [0.1, 0.15) is 0 Å². The molecule has 0 radical (unpaired) electrons. The van der Waals surface area contributed by atoms with E-state index >= 15 is 0 Å². The molecular weight excluding hydrogens is 174 g/mol. The normalized spacial score (nSPS) is 31.1. The minimum absolute atomic E-state index is 0.916. The average molecular weight is 197 g/mol. The van der Waals surface area contributed by atoms with Gasteiger partial charge in [0.25, 0.3) is 0 Å². The topological polar surface area (TPSA) is 12.5 Å². The first-order valence-electron chi connectivity index (χ1n) is 6.18. The van der Waals surface area contributed by atoms with Crippen molar-refractivity contribution in [2.45, 2.75) is 32.6 Å². The maximum absolute atomic E-state index is 5.39. The molecule has 2 heteroatoms. The lowest BCUT2D eigenvalue weighted by molar-refractivity contribution is 0.0551. The van der Waals surface area contributed by atoms with Crippen molar-refractivity contribution in [3.8, 4) is 0 Å². The van der Waals surface area contributed by atoms with Crippen LogP contribution in [0.15, 0.2) is 0 Å². The van der Waals surface area contributed by atoms with Crippen molar-refractivity contribution in [1.29, 1.82) is 0 Å². The average Bonchev–Trinajstić information content (AvgIpc) is 2.67. The van der Waals surface area contributed by atoms with E-state index in [1.54, 1.807) is 0 Å². The highest BCUT2D eigenvalue weighted by Crippen LogP contribution is 2.23. The van der Waals surface area contributed by atoms with Gasteiger partial charge in [-0.25, -0.2) is 0 Å². The molecule has 0 aliphatic carbocycles. The lowest BCUT2D eigenvalue weighted by Crippen LogP contribution is -2.30. The van der Waals surface area contributed by atoms with Gasteiger partial charge in [-0.3, -0.25) is 0 Å². The quantitative estimate of drug-likeness (QED) is 0.687. The Balaban J connectivity index is 1.69. The maximum atomic E-state index is 5.39. The summed E-state index contributed by atoms with van der Waals surface area (Å²) in [4.78, 5) is 2.67. The molecular formula is C12H23NO. The Labute approximate surface area is 87.6 Å². The molecule has 0 aromatic heterocycles. The fraction of sp³-hybridized carbons (Fsp3) is 1.00. The van der Waals surface area contributed by atoms with Crippen molar-refractivity contribution in [2.24, 2.45) is 11.8 Å². The van der Waals surface area contributed by atoms with Gasteiger partial charge in [0.15, 0.2) is 0 Å². The Morgan fingerprint density at radius 3 is 2.57 bits per heavy atom. The van der Waals surface area contributed by atoms with E-state index in [2.05, 4.69) is 11.8 Å². The van der Waals surface area contributed by atoms with Gasteiger partial charge in [0.05, 0.1) is 0 Å². The van der Waals surface area contributed by atoms with Gasteiger partial charge in [-0.15, -0.1) is 0 Å². The van der Waals surface area contributed by atoms with E-state index in [4.69, 9.17) is 4.74 Å². The highest BCUT2D eigenvalue weighted by molar-refractivity contribution is 4.77. The first-order chi connectivity index (χ1) is 6.88. The second kappa shape index (κ2) is 5.13. The van der Waals surface area contributed by atoms with Crippen LogP contribution in [-0.2, 0) is 4.74 Å². The van der Waals surface area contributed by atoms with Crippen molar-refractivity contribution in [2.75, 3.05) is 32.8 Å². The highest BCUT2D eigenvalue weighted by atomic mass is 16.5. The molecule has 0 bridgehead atoms. The summed E-state index contributed by atoms with van der Waals surface area (Å²) in [6.45, 7) is 8.34. The van der Waals surface area contributed by atoms with Crippen LogP contribution in [0.3, 0.4) is 0 Å². The SMILES string of the molecule is CCC1CCN(CC2CCOCC2)C1. The van der Waals surface area contributed by atoms with Gasteiger partial charge in [-0.05, 0) is 37.6 Å². The molecule has 2 fully saturated rings. The molecule has 82 valence electrons. The van der Waals surface area contributed by atoms with Crippen molar-refractivity contribution in [3.63, 3.8) is 0 Å². The molecule has 2 rings (SSSR count). The summed E-state index contributed by atoms with van der Waals surface area (Å²) >= 11 is 0. The standard InChI is InChI=1S/C12H23NO/c1-2-11-3-6-13(9-11)10-12-4-7-14-8-5-12/h11-12H,2-10H2,1H3. The third-order valence-corrected chi connectivity index (χ3v) is 3.80. The summed E-state index contributed by atoms with van der Waals surface area (Å²) in [5.41, 5.74) is 0. The number of nitrogens with zero attached hydrogens (tertiary/aromatic N) is 1. The Kier molecular flexibility index (Phi) is 3.82. The molecule has 14 heavy (non-hydrogen) atoms. The third-order valence-electron chi connectivity index (χ3n) is 3.80. The zero-order valence-corrected chi connectivity index (χ0v) is 9.37. The van der Waals surface area contributed by atoms with Crippen LogP contribution in [0.1, 0.15) is 32.6 Å². The largest absolute Gasteiger partial charge is 0.381 e. The van der Waals surface area contributed by atoms with Gasteiger partial charge in [-0.2, -0.15) is 0 Å². The molecule has 0 N–H and O–H groups in total. The van der Waals surface area contributed by atoms with Crippen LogP contribution >= 0.6 is 0 Å². The molecule has 2 saturated heterocycles. The van der Waals surface area contributed by atoms with Gasteiger partial charge in [-0.1, -0.05) is 13.3 Å². The molecule has 0 amide bonds. The molecule has 0 saturated carbocycles. The number of likely N-dealkylation sites (tertiary alicyclic amines) is 1. The fourth-order valence-corrected chi connectivity index (χ4v) is 2.71. The zero-order valence-electron chi connectivity index (χ0n) is 9.37. The van der Waals surface area contributed by atoms with Crippen molar-refractivity contribution in [3.05, 3.63) is 0 Å². The van der Waals surface area contributed by atoms with E-state index in [1.165, 1.54) is 45.3 Å². The molecule has 1 atom stereocenters. The second-order valence-corrected chi connectivity index (χ2v) is 4.88. The molecule has 0 aromatic carbocycles. The van der Waals surface area contributed by atoms with Gasteiger partial charge in [0, 0.05) is 26.3 Å². The maximum Gasteiger partial charge on any atom is 0.0469 e. The number of rotatable bonds is 3.